The number of rotatable bonds is 6. The van der Waals surface area contributed by atoms with E-state index in [1.165, 1.54) is 30.4 Å². The monoisotopic (exact) mass is 247 g/mol. The summed E-state index contributed by atoms with van der Waals surface area (Å²) in [5.41, 5.74) is 2.58. The molecular formula is C16H25NO. The van der Waals surface area contributed by atoms with Crippen molar-refractivity contribution in [2.75, 3.05) is 6.61 Å². The lowest BCUT2D eigenvalue weighted by atomic mass is 9.86. The molecule has 0 saturated heterocycles. The molecule has 0 bridgehead atoms. The van der Waals surface area contributed by atoms with Crippen molar-refractivity contribution in [3.05, 3.63) is 29.3 Å². The first kappa shape index (κ1) is 13.4. The summed E-state index contributed by atoms with van der Waals surface area (Å²) < 4.78 is 5.99. The Morgan fingerprint density at radius 1 is 1.33 bits per heavy atom. The number of benzene rings is 1. The van der Waals surface area contributed by atoms with Gasteiger partial charge in [-0.2, -0.15) is 0 Å². The zero-order chi connectivity index (χ0) is 13.0. The Balaban J connectivity index is 1.97. The van der Waals surface area contributed by atoms with Crippen LogP contribution in [0.4, 0.5) is 0 Å². The zero-order valence-corrected chi connectivity index (χ0v) is 11.8. The second kappa shape index (κ2) is 6.24. The summed E-state index contributed by atoms with van der Waals surface area (Å²) in [6.45, 7) is 8.25. The van der Waals surface area contributed by atoms with Crippen molar-refractivity contribution < 1.29 is 4.74 Å². The SMILES string of the molecule is Cc1ccc(OCC2CCC2)c(CNC(C)C)c1. The molecule has 0 spiro atoms. The van der Waals surface area contributed by atoms with Crippen LogP contribution in [0.15, 0.2) is 18.2 Å². The molecule has 1 fully saturated rings. The molecule has 0 unspecified atom stereocenters. The summed E-state index contributed by atoms with van der Waals surface area (Å²) in [5.74, 6) is 1.85. The summed E-state index contributed by atoms with van der Waals surface area (Å²) in [4.78, 5) is 0. The molecule has 2 nitrogen and oxygen atoms in total. The van der Waals surface area contributed by atoms with Crippen molar-refractivity contribution in [2.24, 2.45) is 5.92 Å². The van der Waals surface area contributed by atoms with Gasteiger partial charge >= 0.3 is 0 Å². The van der Waals surface area contributed by atoms with Crippen LogP contribution >= 0.6 is 0 Å². The van der Waals surface area contributed by atoms with Gasteiger partial charge in [-0.05, 0) is 31.7 Å². The predicted octanol–water partition coefficient (Wildman–Crippen LogP) is 3.67. The number of aryl methyl sites for hydroxylation is 1. The van der Waals surface area contributed by atoms with Crippen LogP contribution in [0.1, 0.15) is 44.2 Å². The minimum absolute atomic E-state index is 0.505. The molecule has 2 rings (SSSR count). The fourth-order valence-electron chi connectivity index (χ4n) is 2.17. The van der Waals surface area contributed by atoms with Gasteiger partial charge in [-0.1, -0.05) is 38.0 Å². The van der Waals surface area contributed by atoms with Crippen molar-refractivity contribution in [1.82, 2.24) is 5.32 Å². The third-order valence-corrected chi connectivity index (χ3v) is 3.62. The Morgan fingerprint density at radius 2 is 2.11 bits per heavy atom. The molecule has 2 heteroatoms. The summed E-state index contributed by atoms with van der Waals surface area (Å²) in [5, 5.41) is 3.46. The van der Waals surface area contributed by atoms with Gasteiger partial charge < -0.3 is 10.1 Å². The fraction of sp³-hybridized carbons (Fsp3) is 0.625. The highest BCUT2D eigenvalue weighted by Gasteiger charge is 2.18. The van der Waals surface area contributed by atoms with E-state index in [1.807, 2.05) is 0 Å². The lowest BCUT2D eigenvalue weighted by molar-refractivity contribution is 0.179. The smallest absolute Gasteiger partial charge is 0.123 e. The van der Waals surface area contributed by atoms with Crippen molar-refractivity contribution in [3.8, 4) is 5.75 Å². The topological polar surface area (TPSA) is 21.3 Å². The highest BCUT2D eigenvalue weighted by molar-refractivity contribution is 5.36. The summed E-state index contributed by atoms with van der Waals surface area (Å²) in [6, 6.07) is 6.98. The second-order valence-corrected chi connectivity index (χ2v) is 5.75. The molecule has 0 heterocycles. The summed E-state index contributed by atoms with van der Waals surface area (Å²) >= 11 is 0. The van der Waals surface area contributed by atoms with E-state index in [9.17, 15) is 0 Å². The Labute approximate surface area is 111 Å². The average molecular weight is 247 g/mol. The molecule has 0 atom stereocenters. The molecule has 0 aromatic heterocycles. The Morgan fingerprint density at radius 3 is 2.72 bits per heavy atom. The average Bonchev–Trinajstić information content (AvgIpc) is 2.26. The van der Waals surface area contributed by atoms with Crippen LogP contribution in [0, 0.1) is 12.8 Å². The van der Waals surface area contributed by atoms with E-state index < -0.39 is 0 Å². The molecule has 100 valence electrons. The maximum Gasteiger partial charge on any atom is 0.123 e. The van der Waals surface area contributed by atoms with E-state index in [-0.39, 0.29) is 0 Å². The van der Waals surface area contributed by atoms with Gasteiger partial charge in [0.1, 0.15) is 5.75 Å². The lowest BCUT2D eigenvalue weighted by Crippen LogP contribution is -2.23. The van der Waals surface area contributed by atoms with Crippen molar-refractivity contribution >= 4 is 0 Å². The molecule has 0 radical (unpaired) electrons. The third-order valence-electron chi connectivity index (χ3n) is 3.62. The van der Waals surface area contributed by atoms with Crippen LogP contribution in [0.3, 0.4) is 0 Å². The molecule has 18 heavy (non-hydrogen) atoms. The standard InChI is InChI=1S/C16H25NO/c1-12(2)17-10-15-9-13(3)7-8-16(15)18-11-14-5-4-6-14/h7-9,12,14,17H,4-6,10-11H2,1-3H3. The molecule has 1 aliphatic carbocycles. The van der Waals surface area contributed by atoms with Crippen LogP contribution in [-0.4, -0.2) is 12.6 Å². The van der Waals surface area contributed by atoms with Crippen LogP contribution in [-0.2, 0) is 6.54 Å². The highest BCUT2D eigenvalue weighted by Crippen LogP contribution is 2.28. The normalized spacial score (nSPS) is 15.8. The van der Waals surface area contributed by atoms with E-state index in [2.05, 4.69) is 44.3 Å². The maximum atomic E-state index is 5.99. The number of ether oxygens (including phenoxy) is 1. The number of hydrogen-bond donors (Lipinski definition) is 1. The van der Waals surface area contributed by atoms with Gasteiger partial charge in [0.25, 0.3) is 0 Å². The van der Waals surface area contributed by atoms with Gasteiger partial charge in [-0.15, -0.1) is 0 Å². The molecule has 1 N–H and O–H groups in total. The lowest BCUT2D eigenvalue weighted by Gasteiger charge is -2.26. The van der Waals surface area contributed by atoms with Crippen molar-refractivity contribution in [1.29, 1.82) is 0 Å². The zero-order valence-electron chi connectivity index (χ0n) is 11.8. The Hall–Kier alpha value is -1.02. The molecule has 1 aromatic rings. The molecule has 0 amide bonds. The largest absolute Gasteiger partial charge is 0.493 e. The first-order chi connectivity index (χ1) is 8.65. The quantitative estimate of drug-likeness (QED) is 0.828. The van der Waals surface area contributed by atoms with Crippen molar-refractivity contribution in [3.63, 3.8) is 0 Å². The van der Waals surface area contributed by atoms with E-state index >= 15 is 0 Å². The van der Waals surface area contributed by atoms with Gasteiger partial charge in [-0.25, -0.2) is 0 Å². The van der Waals surface area contributed by atoms with E-state index in [1.54, 1.807) is 0 Å². The molecular weight excluding hydrogens is 222 g/mol. The van der Waals surface area contributed by atoms with Crippen molar-refractivity contribution in [2.45, 2.75) is 52.6 Å². The molecule has 1 aliphatic rings. The molecule has 0 aliphatic heterocycles. The first-order valence-electron chi connectivity index (χ1n) is 7.11. The van der Waals surface area contributed by atoms with Gasteiger partial charge in [0, 0.05) is 18.2 Å². The minimum atomic E-state index is 0.505. The van der Waals surface area contributed by atoms with E-state index in [4.69, 9.17) is 4.74 Å². The van der Waals surface area contributed by atoms with Gasteiger partial charge in [-0.3, -0.25) is 0 Å². The van der Waals surface area contributed by atoms with Gasteiger partial charge in [0.05, 0.1) is 6.61 Å². The minimum Gasteiger partial charge on any atom is -0.493 e. The summed E-state index contributed by atoms with van der Waals surface area (Å²) in [6.07, 6.45) is 4.06. The first-order valence-corrected chi connectivity index (χ1v) is 7.11. The highest BCUT2D eigenvalue weighted by atomic mass is 16.5. The van der Waals surface area contributed by atoms with E-state index in [0.717, 1.165) is 24.8 Å². The third kappa shape index (κ3) is 3.74. The number of nitrogens with one attached hydrogen (secondary N) is 1. The van der Waals surface area contributed by atoms with Crippen LogP contribution in [0.25, 0.3) is 0 Å². The van der Waals surface area contributed by atoms with E-state index in [0.29, 0.717) is 6.04 Å². The fourth-order valence-corrected chi connectivity index (χ4v) is 2.17. The number of hydrogen-bond acceptors (Lipinski definition) is 2. The molecule has 1 aromatic carbocycles. The molecule has 1 saturated carbocycles. The summed E-state index contributed by atoms with van der Waals surface area (Å²) in [7, 11) is 0. The maximum absolute atomic E-state index is 5.99. The Bertz CT molecular complexity index is 383. The van der Waals surface area contributed by atoms with Gasteiger partial charge in [0.2, 0.25) is 0 Å². The van der Waals surface area contributed by atoms with Crippen LogP contribution in [0.2, 0.25) is 0 Å². The van der Waals surface area contributed by atoms with Crippen LogP contribution in [0.5, 0.6) is 5.75 Å². The Kier molecular flexibility index (Phi) is 4.65. The van der Waals surface area contributed by atoms with Gasteiger partial charge in [0.15, 0.2) is 0 Å². The predicted molar refractivity (Wildman–Crippen MR) is 76.0 cm³/mol. The van der Waals surface area contributed by atoms with Crippen LogP contribution < -0.4 is 10.1 Å². The second-order valence-electron chi connectivity index (χ2n) is 5.75.